The maximum absolute atomic E-state index is 12.9. The summed E-state index contributed by atoms with van der Waals surface area (Å²) in [4.78, 5) is 23.2. The number of aliphatic hydroxyl groups excluding tert-OH is 5. The zero-order chi connectivity index (χ0) is 49.1. The fraction of sp³-hybridized carbons (Fsp3) is 0.833. The predicted molar refractivity (Wildman–Crippen MR) is 272 cm³/mol. The van der Waals surface area contributed by atoms with E-state index in [1.807, 2.05) is 0 Å². The number of esters is 1. The molecule has 6 atom stereocenters. The molecule has 67 heavy (non-hydrogen) atoms. The number of carbonyl (C=O) groups excluding carboxylic acids is 1. The maximum Gasteiger partial charge on any atom is 0.472 e. The van der Waals surface area contributed by atoms with E-state index >= 15 is 0 Å². The van der Waals surface area contributed by atoms with Gasteiger partial charge >= 0.3 is 13.8 Å². The Kier molecular flexibility index (Phi) is 41.8. The Bertz CT molecular complexity index is 1290. The summed E-state index contributed by atoms with van der Waals surface area (Å²) in [7, 11) is -5.03. The third kappa shape index (κ3) is 36.0. The monoisotopic (exact) mass is 971 g/mol. The molecule has 1 saturated carbocycles. The second kappa shape index (κ2) is 44.3. The number of rotatable bonds is 46. The molecule has 0 spiro atoms. The second-order valence-corrected chi connectivity index (χ2v) is 20.1. The minimum Gasteiger partial charge on any atom is -0.457 e. The second-order valence-electron chi connectivity index (χ2n) is 18.7. The molecule has 0 aromatic heterocycles. The summed E-state index contributed by atoms with van der Waals surface area (Å²) < 4.78 is 34.3. The molecule has 0 aromatic rings. The van der Waals surface area contributed by atoms with Crippen molar-refractivity contribution in [3.05, 3.63) is 48.6 Å². The van der Waals surface area contributed by atoms with Gasteiger partial charge in [-0.15, -0.1) is 0 Å². The van der Waals surface area contributed by atoms with Crippen LogP contribution in [0.15, 0.2) is 48.6 Å². The number of carbonyl (C=O) groups is 1. The highest BCUT2D eigenvalue weighted by atomic mass is 31.2. The first-order valence-corrected chi connectivity index (χ1v) is 28.5. The molecule has 1 aliphatic carbocycles. The number of ether oxygens (including phenoxy) is 2. The van der Waals surface area contributed by atoms with Crippen LogP contribution in [0.2, 0.25) is 0 Å². The van der Waals surface area contributed by atoms with Crippen molar-refractivity contribution >= 4 is 13.8 Å². The predicted octanol–water partition coefficient (Wildman–Crippen LogP) is 12.4. The topological polar surface area (TPSA) is 192 Å². The molecule has 0 aromatic carbocycles. The van der Waals surface area contributed by atoms with Gasteiger partial charge in [0.25, 0.3) is 0 Å². The summed E-state index contributed by atoms with van der Waals surface area (Å²) in [6.45, 7) is 4.16. The van der Waals surface area contributed by atoms with E-state index in [9.17, 15) is 39.8 Å². The van der Waals surface area contributed by atoms with E-state index < -0.39 is 63.1 Å². The van der Waals surface area contributed by atoms with Crippen LogP contribution < -0.4 is 0 Å². The van der Waals surface area contributed by atoms with Crippen molar-refractivity contribution in [1.82, 2.24) is 0 Å². The van der Waals surface area contributed by atoms with Crippen LogP contribution in [0.1, 0.15) is 226 Å². The molecule has 0 heterocycles. The van der Waals surface area contributed by atoms with Crippen LogP contribution in [0.25, 0.3) is 0 Å². The molecule has 6 unspecified atom stereocenters. The zero-order valence-electron chi connectivity index (χ0n) is 42.2. The van der Waals surface area contributed by atoms with Crippen LogP contribution in [-0.4, -0.2) is 98.9 Å². The minimum absolute atomic E-state index is 0.0851. The summed E-state index contributed by atoms with van der Waals surface area (Å²) >= 11 is 0. The number of hydrogen-bond acceptors (Lipinski definition) is 11. The average molecular weight is 971 g/mol. The van der Waals surface area contributed by atoms with Crippen molar-refractivity contribution in [2.45, 2.75) is 268 Å². The van der Waals surface area contributed by atoms with Crippen LogP contribution in [0.4, 0.5) is 0 Å². The molecule has 0 radical (unpaired) electrons. The van der Waals surface area contributed by atoms with Gasteiger partial charge in [0.05, 0.1) is 13.2 Å². The number of allylic oxidation sites excluding steroid dienone is 8. The fourth-order valence-corrected chi connectivity index (χ4v) is 9.20. The van der Waals surface area contributed by atoms with Crippen LogP contribution in [0.5, 0.6) is 0 Å². The summed E-state index contributed by atoms with van der Waals surface area (Å²) in [5, 5.41) is 50.3. The third-order valence-corrected chi connectivity index (χ3v) is 13.5. The lowest BCUT2D eigenvalue weighted by Gasteiger charge is -2.41. The first-order chi connectivity index (χ1) is 32.5. The van der Waals surface area contributed by atoms with Crippen molar-refractivity contribution in [3.8, 4) is 0 Å². The summed E-state index contributed by atoms with van der Waals surface area (Å²) in [5.41, 5.74) is 0. The number of phosphoric acid groups is 1. The summed E-state index contributed by atoms with van der Waals surface area (Å²) in [6.07, 6.45) is 43.3. The van der Waals surface area contributed by atoms with Gasteiger partial charge in [-0.2, -0.15) is 0 Å². The van der Waals surface area contributed by atoms with Gasteiger partial charge in [0.2, 0.25) is 0 Å². The fourth-order valence-electron chi connectivity index (χ4n) is 8.23. The Morgan fingerprint density at radius 3 is 1.34 bits per heavy atom. The molecule has 6 N–H and O–H groups in total. The van der Waals surface area contributed by atoms with Gasteiger partial charge in [0, 0.05) is 13.0 Å². The van der Waals surface area contributed by atoms with Crippen molar-refractivity contribution in [2.75, 3.05) is 19.8 Å². The lowest BCUT2D eigenvalue weighted by Crippen LogP contribution is -2.64. The molecule has 1 rings (SSSR count). The molecular weight excluding hydrogens is 872 g/mol. The molecule has 0 aliphatic heterocycles. The lowest BCUT2D eigenvalue weighted by molar-refractivity contribution is -0.220. The first-order valence-electron chi connectivity index (χ1n) is 27.0. The molecule has 13 heteroatoms. The normalized spacial score (nSPS) is 21.6. The Hall–Kier alpha value is -1.70. The smallest absolute Gasteiger partial charge is 0.457 e. The van der Waals surface area contributed by atoms with E-state index in [-0.39, 0.29) is 13.0 Å². The van der Waals surface area contributed by atoms with E-state index in [4.69, 9.17) is 18.5 Å². The van der Waals surface area contributed by atoms with E-state index in [0.29, 0.717) is 13.0 Å². The van der Waals surface area contributed by atoms with E-state index in [2.05, 4.69) is 62.5 Å². The van der Waals surface area contributed by atoms with Gasteiger partial charge in [-0.1, -0.05) is 217 Å². The number of aliphatic hydroxyl groups is 5. The Morgan fingerprint density at radius 2 is 0.881 bits per heavy atom. The molecule has 1 fully saturated rings. The van der Waals surface area contributed by atoms with Gasteiger partial charge in [0.15, 0.2) is 0 Å². The lowest BCUT2D eigenvalue weighted by atomic mass is 9.85. The maximum atomic E-state index is 12.9. The van der Waals surface area contributed by atoms with Crippen molar-refractivity contribution in [1.29, 1.82) is 0 Å². The molecule has 1 aliphatic rings. The van der Waals surface area contributed by atoms with Gasteiger partial charge in [0.1, 0.15) is 42.7 Å². The van der Waals surface area contributed by atoms with Crippen LogP contribution in [-0.2, 0) is 27.9 Å². The Morgan fingerprint density at radius 1 is 0.493 bits per heavy atom. The van der Waals surface area contributed by atoms with Crippen LogP contribution in [0.3, 0.4) is 0 Å². The molecule has 0 amide bonds. The number of unbranched alkanes of at least 4 members (excludes halogenated alkanes) is 26. The number of hydrogen-bond donors (Lipinski definition) is 6. The Labute approximate surface area is 407 Å². The van der Waals surface area contributed by atoms with E-state index in [1.165, 1.54) is 128 Å². The summed E-state index contributed by atoms with van der Waals surface area (Å²) in [5.74, 6) is -0.497. The van der Waals surface area contributed by atoms with Crippen LogP contribution in [0, 0.1) is 0 Å². The molecule has 12 nitrogen and oxygen atoms in total. The molecule has 0 bridgehead atoms. The van der Waals surface area contributed by atoms with Crippen molar-refractivity contribution < 1.29 is 58.3 Å². The average Bonchev–Trinajstić information content (AvgIpc) is 3.31. The highest BCUT2D eigenvalue weighted by Gasteiger charge is 2.51. The standard InChI is InChI=1S/C54H99O12P/c1-3-5-7-9-11-13-15-17-19-21-22-23-24-25-26-28-30-32-34-36-38-40-42-44-63-45-47(46-64-67(61,62)66-54-52(59)50(57)49(56)51(58)53(54)60)65-48(55)43-41-39-37-35-33-31-29-27-20-18-16-14-12-10-8-6-4-2/h6,8,12,14,18,20,29,31,47,49-54,56-60H,3-5,7,9-11,13,15-17,19,21-28,30,32-46H2,1-2H3,(H,61,62)/b8-6-,14-12-,20-18-,31-29-. The van der Waals surface area contributed by atoms with E-state index in [1.54, 1.807) is 0 Å². The zero-order valence-corrected chi connectivity index (χ0v) is 43.1. The minimum atomic E-state index is -5.03. The number of phosphoric ester groups is 1. The van der Waals surface area contributed by atoms with Crippen molar-refractivity contribution in [2.24, 2.45) is 0 Å². The van der Waals surface area contributed by atoms with Crippen molar-refractivity contribution in [3.63, 3.8) is 0 Å². The third-order valence-electron chi connectivity index (χ3n) is 12.5. The van der Waals surface area contributed by atoms with Gasteiger partial charge in [-0.3, -0.25) is 13.8 Å². The molecular formula is C54H99O12P. The summed E-state index contributed by atoms with van der Waals surface area (Å²) in [6, 6.07) is 0. The highest BCUT2D eigenvalue weighted by Crippen LogP contribution is 2.47. The van der Waals surface area contributed by atoms with E-state index in [0.717, 1.165) is 70.6 Å². The van der Waals surface area contributed by atoms with Gasteiger partial charge in [-0.25, -0.2) is 4.57 Å². The Balaban J connectivity index is 2.31. The molecule has 0 saturated heterocycles. The van der Waals surface area contributed by atoms with Crippen LogP contribution >= 0.6 is 7.82 Å². The quantitative estimate of drug-likeness (QED) is 0.0147. The highest BCUT2D eigenvalue weighted by molar-refractivity contribution is 7.47. The first kappa shape index (κ1) is 63.3. The largest absolute Gasteiger partial charge is 0.472 e. The van der Waals surface area contributed by atoms with Gasteiger partial charge < -0.3 is 39.9 Å². The molecule has 392 valence electrons. The SMILES string of the molecule is CC/C=C\C/C=C\C/C=C\C/C=C\CCCCCCC(=O)OC(COCCCCCCCCCCCCCCCCCCCCCCCCC)COP(=O)(O)OC1C(O)C(O)C(O)C(O)C1O. The van der Waals surface area contributed by atoms with Gasteiger partial charge in [-0.05, 0) is 51.4 Å².